The normalized spacial score (nSPS) is 49.9. The third kappa shape index (κ3) is 3.77. The molecule has 4 fully saturated rings. The summed E-state index contributed by atoms with van der Waals surface area (Å²) in [6.07, 6.45) is 13.5. The van der Waals surface area contributed by atoms with Crippen LogP contribution in [0.3, 0.4) is 0 Å². The van der Waals surface area contributed by atoms with Gasteiger partial charge in [0.15, 0.2) is 0 Å². The maximum atomic E-state index is 10.6. The Labute approximate surface area is 193 Å². The summed E-state index contributed by atoms with van der Waals surface area (Å²) in [7, 11) is 0. The molecule has 0 radical (unpaired) electrons. The first-order valence-electron chi connectivity index (χ1n) is 13.9. The molecule has 1 N–H and O–H groups in total. The summed E-state index contributed by atoms with van der Waals surface area (Å²) in [5.74, 6) is 7.05. The van der Waals surface area contributed by atoms with Gasteiger partial charge in [-0.15, -0.1) is 0 Å². The highest BCUT2D eigenvalue weighted by Gasteiger charge is 2.61. The molecule has 0 saturated heterocycles. The smallest absolute Gasteiger partial charge is 0.0568 e. The van der Waals surface area contributed by atoms with Crippen LogP contribution in [-0.4, -0.2) is 11.2 Å². The molecule has 0 aromatic carbocycles. The van der Waals surface area contributed by atoms with Gasteiger partial charge >= 0.3 is 0 Å². The molecule has 1 nitrogen and oxygen atoms in total. The van der Waals surface area contributed by atoms with Crippen LogP contribution in [0.15, 0.2) is 11.6 Å². The zero-order valence-electron chi connectivity index (χ0n) is 22.0. The number of hydrogen-bond donors (Lipinski definition) is 1. The molecule has 0 amide bonds. The third-order valence-corrected chi connectivity index (χ3v) is 12.1. The Hall–Kier alpha value is -0.300. The van der Waals surface area contributed by atoms with E-state index in [0.29, 0.717) is 28.6 Å². The molecule has 0 bridgehead atoms. The first kappa shape index (κ1) is 23.8. The van der Waals surface area contributed by atoms with Crippen molar-refractivity contribution in [2.45, 2.75) is 113 Å². The standard InChI is InChI=1S/C30H52O/c1-18(2)21(5)19(3)17-20(4)24-11-12-26-23-9-10-25-22(6)28(31)14-16-30(25,8)27(23)13-15-29(24,26)7/h17-18,20-28,31H,9-16H2,1-8H3/b19-17+/t20-,21?,22?,23+,24-,25+,26+,27+,28+,29-,30+/m1/s1. The van der Waals surface area contributed by atoms with E-state index in [1.165, 1.54) is 44.9 Å². The third-order valence-electron chi connectivity index (χ3n) is 12.1. The molecule has 4 aliphatic carbocycles. The maximum absolute atomic E-state index is 10.6. The Morgan fingerprint density at radius 3 is 2.13 bits per heavy atom. The number of aliphatic hydroxyl groups is 1. The minimum atomic E-state index is -0.0524. The molecular formula is C30H52O. The lowest BCUT2D eigenvalue weighted by Gasteiger charge is -2.62. The summed E-state index contributed by atoms with van der Waals surface area (Å²) in [6.45, 7) is 19.7. The van der Waals surface area contributed by atoms with E-state index in [1.807, 2.05) is 0 Å². The molecule has 4 rings (SSSR count). The van der Waals surface area contributed by atoms with Crippen LogP contribution in [-0.2, 0) is 0 Å². The second-order valence-electron chi connectivity index (χ2n) is 13.6. The van der Waals surface area contributed by atoms with Crippen molar-refractivity contribution in [3.8, 4) is 0 Å². The van der Waals surface area contributed by atoms with Gasteiger partial charge in [0.1, 0.15) is 0 Å². The summed E-state index contributed by atoms with van der Waals surface area (Å²) < 4.78 is 0. The van der Waals surface area contributed by atoms with Crippen LogP contribution >= 0.6 is 0 Å². The Morgan fingerprint density at radius 2 is 1.45 bits per heavy atom. The fourth-order valence-electron chi connectivity index (χ4n) is 9.82. The molecule has 0 aliphatic heterocycles. The van der Waals surface area contributed by atoms with E-state index < -0.39 is 0 Å². The highest BCUT2D eigenvalue weighted by atomic mass is 16.3. The molecule has 0 aromatic rings. The minimum absolute atomic E-state index is 0.0524. The van der Waals surface area contributed by atoms with Gasteiger partial charge in [0.2, 0.25) is 0 Å². The molecule has 2 unspecified atom stereocenters. The largest absolute Gasteiger partial charge is 0.393 e. The van der Waals surface area contributed by atoms with E-state index >= 15 is 0 Å². The van der Waals surface area contributed by atoms with E-state index in [-0.39, 0.29) is 6.10 Å². The van der Waals surface area contributed by atoms with Gasteiger partial charge in [0, 0.05) is 0 Å². The molecule has 0 aromatic heterocycles. The summed E-state index contributed by atoms with van der Waals surface area (Å²) in [5.41, 5.74) is 2.64. The van der Waals surface area contributed by atoms with E-state index in [0.717, 1.165) is 41.9 Å². The van der Waals surface area contributed by atoms with Gasteiger partial charge in [-0.05, 0) is 122 Å². The first-order valence-corrected chi connectivity index (χ1v) is 13.9. The van der Waals surface area contributed by atoms with Crippen LogP contribution in [0.4, 0.5) is 0 Å². The Kier molecular flexibility index (Phi) is 6.53. The second-order valence-corrected chi connectivity index (χ2v) is 13.6. The first-order chi connectivity index (χ1) is 14.5. The van der Waals surface area contributed by atoms with Crippen LogP contribution in [0.5, 0.6) is 0 Å². The molecule has 1 heteroatoms. The molecule has 0 heterocycles. The molecule has 178 valence electrons. The SMILES string of the molecule is C/C(=C\[C@@H](C)[C@H]1CC[C@H]2[C@@H]3CC[C@H]4C(C)[C@@H](O)CC[C@]4(C)[C@H]3CC[C@]12C)C(C)C(C)C. The van der Waals surface area contributed by atoms with Crippen molar-refractivity contribution in [3.63, 3.8) is 0 Å². The minimum Gasteiger partial charge on any atom is -0.393 e. The van der Waals surface area contributed by atoms with Crippen molar-refractivity contribution >= 4 is 0 Å². The molecule has 31 heavy (non-hydrogen) atoms. The van der Waals surface area contributed by atoms with Gasteiger partial charge < -0.3 is 5.11 Å². The van der Waals surface area contributed by atoms with Gasteiger partial charge in [0.25, 0.3) is 0 Å². The lowest BCUT2D eigenvalue weighted by atomic mass is 9.43. The number of rotatable bonds is 4. The van der Waals surface area contributed by atoms with Gasteiger partial charge in [-0.3, -0.25) is 0 Å². The zero-order chi connectivity index (χ0) is 22.7. The van der Waals surface area contributed by atoms with E-state index in [4.69, 9.17) is 0 Å². The zero-order valence-corrected chi connectivity index (χ0v) is 22.0. The second kappa shape index (κ2) is 8.48. The van der Waals surface area contributed by atoms with Gasteiger partial charge in [-0.2, -0.15) is 0 Å². The van der Waals surface area contributed by atoms with Crippen molar-refractivity contribution in [2.24, 2.45) is 64.1 Å². The van der Waals surface area contributed by atoms with Crippen molar-refractivity contribution < 1.29 is 5.11 Å². The number of aliphatic hydroxyl groups excluding tert-OH is 1. The van der Waals surface area contributed by atoms with Crippen LogP contribution in [0.1, 0.15) is 107 Å². The molecule has 0 spiro atoms. The van der Waals surface area contributed by atoms with Crippen molar-refractivity contribution in [1.82, 2.24) is 0 Å². The lowest BCUT2D eigenvalue weighted by Crippen LogP contribution is -2.56. The van der Waals surface area contributed by atoms with E-state index in [2.05, 4.69) is 61.5 Å². The van der Waals surface area contributed by atoms with Crippen molar-refractivity contribution in [1.29, 1.82) is 0 Å². The summed E-state index contributed by atoms with van der Waals surface area (Å²) in [4.78, 5) is 0. The Morgan fingerprint density at radius 1 is 0.839 bits per heavy atom. The summed E-state index contributed by atoms with van der Waals surface area (Å²) >= 11 is 0. The molecular weight excluding hydrogens is 376 g/mol. The topological polar surface area (TPSA) is 20.2 Å². The molecule has 11 atom stereocenters. The maximum Gasteiger partial charge on any atom is 0.0568 e. The van der Waals surface area contributed by atoms with Crippen LogP contribution in [0.25, 0.3) is 0 Å². The molecule has 4 saturated carbocycles. The predicted octanol–water partition coefficient (Wildman–Crippen LogP) is 8.13. The average molecular weight is 429 g/mol. The number of allylic oxidation sites excluding steroid dienone is 2. The predicted molar refractivity (Wildman–Crippen MR) is 133 cm³/mol. The van der Waals surface area contributed by atoms with Crippen LogP contribution in [0.2, 0.25) is 0 Å². The number of hydrogen-bond acceptors (Lipinski definition) is 1. The van der Waals surface area contributed by atoms with Crippen molar-refractivity contribution in [2.75, 3.05) is 0 Å². The van der Waals surface area contributed by atoms with E-state index in [9.17, 15) is 5.11 Å². The summed E-state index contributed by atoms with van der Waals surface area (Å²) in [6, 6.07) is 0. The van der Waals surface area contributed by atoms with Gasteiger partial charge in [-0.25, -0.2) is 0 Å². The quantitative estimate of drug-likeness (QED) is 0.448. The fourth-order valence-corrected chi connectivity index (χ4v) is 9.82. The van der Waals surface area contributed by atoms with Crippen LogP contribution < -0.4 is 0 Å². The Balaban J connectivity index is 1.53. The molecule has 4 aliphatic rings. The highest BCUT2D eigenvalue weighted by Crippen LogP contribution is 2.68. The van der Waals surface area contributed by atoms with Gasteiger partial charge in [-0.1, -0.05) is 60.1 Å². The average Bonchev–Trinajstić information content (AvgIpc) is 3.07. The van der Waals surface area contributed by atoms with Gasteiger partial charge in [0.05, 0.1) is 6.10 Å². The number of fused-ring (bicyclic) bond motifs is 5. The lowest BCUT2D eigenvalue weighted by molar-refractivity contribution is -0.148. The van der Waals surface area contributed by atoms with Crippen molar-refractivity contribution in [3.05, 3.63) is 11.6 Å². The Bertz CT molecular complexity index is 678. The fraction of sp³-hybridized carbons (Fsp3) is 0.933. The monoisotopic (exact) mass is 428 g/mol. The summed E-state index contributed by atoms with van der Waals surface area (Å²) in [5, 5.41) is 10.6. The van der Waals surface area contributed by atoms with Crippen LogP contribution in [0, 0.1) is 64.1 Å². The van der Waals surface area contributed by atoms with E-state index in [1.54, 1.807) is 5.57 Å². The highest BCUT2D eigenvalue weighted by molar-refractivity contribution is 5.13.